The molecule has 6 nitrogen and oxygen atoms in total. The van der Waals surface area contributed by atoms with Crippen LogP contribution in [0, 0.1) is 0 Å². The van der Waals surface area contributed by atoms with Crippen LogP contribution in [0.15, 0.2) is 42.5 Å². The highest BCUT2D eigenvalue weighted by Gasteiger charge is 2.23. The minimum absolute atomic E-state index is 0.106. The monoisotopic (exact) mass is 355 g/mol. The Kier molecular flexibility index (Phi) is 4.76. The number of rotatable bonds is 4. The number of aromatic nitrogens is 2. The molecule has 0 unspecified atom stereocenters. The van der Waals surface area contributed by atoms with Crippen LogP contribution < -0.4 is 0 Å². The van der Waals surface area contributed by atoms with Crippen molar-refractivity contribution in [3.63, 3.8) is 0 Å². The van der Waals surface area contributed by atoms with E-state index < -0.39 is 5.97 Å². The quantitative estimate of drug-likeness (QED) is 0.671. The zero-order valence-electron chi connectivity index (χ0n) is 14.1. The largest absolute Gasteiger partial charge is 0.464 e. The van der Waals surface area contributed by atoms with Gasteiger partial charge in [0.05, 0.1) is 23.4 Å². The summed E-state index contributed by atoms with van der Waals surface area (Å²) >= 11 is 1.56. The van der Waals surface area contributed by atoms with E-state index >= 15 is 0 Å². The number of fused-ring (bicyclic) bond motifs is 1. The Balaban J connectivity index is 1.85. The van der Waals surface area contributed by atoms with E-state index in [4.69, 9.17) is 0 Å². The maximum atomic E-state index is 12.7. The Bertz CT molecular complexity index is 905. The summed E-state index contributed by atoms with van der Waals surface area (Å²) in [6.45, 7) is 1.92. The average molecular weight is 355 g/mol. The number of hydrogen-bond donors (Lipinski definition) is 0. The fourth-order valence-electron chi connectivity index (χ4n) is 2.36. The topological polar surface area (TPSA) is 72.4 Å². The van der Waals surface area contributed by atoms with E-state index in [1.165, 1.54) is 13.2 Å². The molecule has 3 rings (SSSR count). The number of hydrogen-bond acceptors (Lipinski definition) is 6. The van der Waals surface area contributed by atoms with Crippen LogP contribution >= 0.6 is 11.3 Å². The summed E-state index contributed by atoms with van der Waals surface area (Å²) in [5.74, 6) is -0.853. The third kappa shape index (κ3) is 3.36. The molecule has 0 N–H and O–H groups in total. The number of ether oxygens (including phenoxy) is 1. The Morgan fingerprint density at radius 3 is 2.52 bits per heavy atom. The molecule has 128 valence electrons. The van der Waals surface area contributed by atoms with Gasteiger partial charge in [-0.2, -0.15) is 0 Å². The fourth-order valence-corrected chi connectivity index (χ4v) is 3.43. The molecule has 0 saturated heterocycles. The van der Waals surface area contributed by atoms with Crippen LogP contribution in [0.4, 0.5) is 0 Å². The predicted octanol–water partition coefficient (Wildman–Crippen LogP) is 3.31. The van der Waals surface area contributed by atoms with Crippen molar-refractivity contribution in [1.82, 2.24) is 14.9 Å². The number of pyridine rings is 1. The predicted molar refractivity (Wildman–Crippen MR) is 95.7 cm³/mol. The second kappa shape index (κ2) is 6.98. The fraction of sp³-hybridized carbons (Fsp3) is 0.222. The van der Waals surface area contributed by atoms with Crippen LogP contribution in [0.5, 0.6) is 0 Å². The van der Waals surface area contributed by atoms with Gasteiger partial charge in [-0.3, -0.25) is 4.79 Å². The number of esters is 1. The maximum Gasteiger partial charge on any atom is 0.356 e. The van der Waals surface area contributed by atoms with Gasteiger partial charge in [0.25, 0.3) is 5.91 Å². The van der Waals surface area contributed by atoms with Crippen molar-refractivity contribution in [2.24, 2.45) is 0 Å². The summed E-state index contributed by atoms with van der Waals surface area (Å²) in [7, 11) is 2.98. The first-order chi connectivity index (χ1) is 12.0. The number of thiazole rings is 1. The molecule has 1 aromatic carbocycles. The summed E-state index contributed by atoms with van der Waals surface area (Å²) in [5.41, 5.74) is 1.22. The van der Waals surface area contributed by atoms with Crippen LogP contribution in [0.25, 0.3) is 10.2 Å². The van der Waals surface area contributed by atoms with Gasteiger partial charge < -0.3 is 9.64 Å². The number of nitrogens with zero attached hydrogens (tertiary/aromatic N) is 3. The standard InChI is InChI=1S/C18H17N3O3S/c1-11(16-20-12-7-4-5-10-15(12)25-16)21(2)17(22)13-8-6-9-14(19-13)18(23)24-3/h4-11H,1-3H3/t11-/m0/s1. The van der Waals surface area contributed by atoms with Crippen molar-refractivity contribution in [2.75, 3.05) is 14.2 Å². The molecule has 0 bridgehead atoms. The zero-order valence-corrected chi connectivity index (χ0v) is 14.9. The van der Waals surface area contributed by atoms with Crippen molar-refractivity contribution < 1.29 is 14.3 Å². The third-order valence-electron chi connectivity index (χ3n) is 3.93. The highest BCUT2D eigenvalue weighted by molar-refractivity contribution is 7.18. The van der Waals surface area contributed by atoms with E-state index in [1.54, 1.807) is 35.4 Å². The molecule has 2 aromatic heterocycles. The molecule has 0 radical (unpaired) electrons. The lowest BCUT2D eigenvalue weighted by atomic mass is 10.2. The average Bonchev–Trinajstić information content (AvgIpc) is 3.09. The number of carbonyl (C=O) groups excluding carboxylic acids is 2. The van der Waals surface area contributed by atoms with Gasteiger partial charge in [0.2, 0.25) is 0 Å². The molecule has 0 spiro atoms. The van der Waals surface area contributed by atoms with E-state index in [9.17, 15) is 9.59 Å². The Labute approximate surface area is 149 Å². The van der Waals surface area contributed by atoms with Crippen LogP contribution in [0.1, 0.15) is 39.0 Å². The van der Waals surface area contributed by atoms with E-state index in [2.05, 4.69) is 14.7 Å². The minimum Gasteiger partial charge on any atom is -0.464 e. The number of amides is 1. The Morgan fingerprint density at radius 2 is 1.80 bits per heavy atom. The Morgan fingerprint density at radius 1 is 1.08 bits per heavy atom. The van der Waals surface area contributed by atoms with Gasteiger partial charge >= 0.3 is 5.97 Å². The molecule has 25 heavy (non-hydrogen) atoms. The molecule has 0 aliphatic rings. The molecule has 2 heterocycles. The first-order valence-corrected chi connectivity index (χ1v) is 8.51. The summed E-state index contributed by atoms with van der Waals surface area (Å²) in [5, 5.41) is 0.848. The molecule has 3 aromatic rings. The molecule has 1 amide bonds. The number of benzene rings is 1. The van der Waals surface area contributed by atoms with Crippen LogP contribution in [-0.2, 0) is 4.74 Å². The maximum absolute atomic E-state index is 12.7. The van der Waals surface area contributed by atoms with Crippen molar-refractivity contribution >= 4 is 33.4 Å². The van der Waals surface area contributed by atoms with Crippen molar-refractivity contribution in [3.05, 3.63) is 58.9 Å². The van der Waals surface area contributed by atoms with Gasteiger partial charge in [0, 0.05) is 7.05 Å². The van der Waals surface area contributed by atoms with E-state index in [0.29, 0.717) is 0 Å². The lowest BCUT2D eigenvalue weighted by Crippen LogP contribution is -2.30. The SMILES string of the molecule is COC(=O)c1cccc(C(=O)N(C)[C@@H](C)c2nc3ccccc3s2)n1. The third-order valence-corrected chi connectivity index (χ3v) is 5.14. The molecule has 0 fully saturated rings. The smallest absolute Gasteiger partial charge is 0.356 e. The highest BCUT2D eigenvalue weighted by Crippen LogP contribution is 2.29. The molecular formula is C18H17N3O3S. The first kappa shape index (κ1) is 17.0. The normalized spacial score (nSPS) is 12.0. The van der Waals surface area contributed by atoms with Gasteiger partial charge in [-0.25, -0.2) is 14.8 Å². The molecular weight excluding hydrogens is 338 g/mol. The van der Waals surface area contributed by atoms with E-state index in [-0.39, 0.29) is 23.3 Å². The summed E-state index contributed by atoms with van der Waals surface area (Å²) in [6, 6.07) is 12.4. The lowest BCUT2D eigenvalue weighted by molar-refractivity contribution is 0.0593. The molecule has 0 saturated carbocycles. The number of methoxy groups -OCH3 is 1. The van der Waals surface area contributed by atoms with Gasteiger partial charge in [0.15, 0.2) is 0 Å². The molecule has 7 heteroatoms. The first-order valence-electron chi connectivity index (χ1n) is 7.69. The van der Waals surface area contributed by atoms with Gasteiger partial charge in [-0.1, -0.05) is 18.2 Å². The molecule has 0 aliphatic carbocycles. The van der Waals surface area contributed by atoms with Crippen LogP contribution in [0.2, 0.25) is 0 Å². The molecule has 0 aliphatic heterocycles. The summed E-state index contributed by atoms with van der Waals surface area (Å²) in [6.07, 6.45) is 0. The Hall–Kier alpha value is -2.80. The summed E-state index contributed by atoms with van der Waals surface area (Å²) < 4.78 is 5.73. The van der Waals surface area contributed by atoms with Crippen LogP contribution in [-0.4, -0.2) is 40.9 Å². The van der Waals surface area contributed by atoms with E-state index in [0.717, 1.165) is 15.2 Å². The highest BCUT2D eigenvalue weighted by atomic mass is 32.1. The van der Waals surface area contributed by atoms with Crippen molar-refractivity contribution in [3.8, 4) is 0 Å². The second-order valence-corrected chi connectivity index (χ2v) is 6.57. The van der Waals surface area contributed by atoms with Gasteiger partial charge in [0.1, 0.15) is 16.4 Å². The van der Waals surface area contributed by atoms with Gasteiger partial charge in [-0.05, 0) is 31.2 Å². The summed E-state index contributed by atoms with van der Waals surface area (Å²) in [4.78, 5) is 34.6. The van der Waals surface area contributed by atoms with Crippen LogP contribution in [0.3, 0.4) is 0 Å². The molecule has 1 atom stereocenters. The minimum atomic E-state index is -0.573. The second-order valence-electron chi connectivity index (χ2n) is 5.51. The van der Waals surface area contributed by atoms with Crippen molar-refractivity contribution in [2.45, 2.75) is 13.0 Å². The van der Waals surface area contributed by atoms with E-state index in [1.807, 2.05) is 31.2 Å². The number of carbonyl (C=O) groups is 2. The lowest BCUT2D eigenvalue weighted by Gasteiger charge is -2.22. The van der Waals surface area contributed by atoms with Gasteiger partial charge in [-0.15, -0.1) is 11.3 Å². The number of para-hydroxylation sites is 1. The zero-order chi connectivity index (χ0) is 18.0. The van der Waals surface area contributed by atoms with Crippen molar-refractivity contribution in [1.29, 1.82) is 0 Å².